The van der Waals surface area contributed by atoms with Crippen molar-refractivity contribution in [2.45, 2.75) is 13.3 Å². The molecule has 5 heteroatoms. The Morgan fingerprint density at radius 3 is 2.90 bits per heavy atom. The molecule has 5 nitrogen and oxygen atoms in total. The van der Waals surface area contributed by atoms with Crippen LogP contribution in [0.5, 0.6) is 5.75 Å². The summed E-state index contributed by atoms with van der Waals surface area (Å²) < 4.78 is 7.12. The fourth-order valence-electron chi connectivity index (χ4n) is 2.40. The van der Waals surface area contributed by atoms with Crippen LogP contribution in [0.2, 0.25) is 0 Å². The first-order valence-electron chi connectivity index (χ1n) is 6.93. The molecule has 0 saturated heterocycles. The molecule has 0 unspecified atom stereocenters. The van der Waals surface area contributed by atoms with Crippen LogP contribution in [0.1, 0.15) is 12.6 Å². The van der Waals surface area contributed by atoms with Crippen LogP contribution in [0.15, 0.2) is 36.7 Å². The second kappa shape index (κ2) is 5.44. The standard InChI is InChI=1S/C16H18N4O/c1-4-14-15(10-20(2)19-14)18-16-13-9-12(21-3)6-5-11(13)7-8-17-16/h5-10H,4H2,1-3H3,(H,17,18). The minimum Gasteiger partial charge on any atom is -0.497 e. The van der Waals surface area contributed by atoms with E-state index in [2.05, 4.69) is 22.3 Å². The number of rotatable bonds is 4. The van der Waals surface area contributed by atoms with Crippen LogP contribution in [-0.2, 0) is 13.5 Å². The summed E-state index contributed by atoms with van der Waals surface area (Å²) in [5, 5.41) is 9.98. The molecule has 0 amide bonds. The number of pyridine rings is 1. The third-order valence-electron chi connectivity index (χ3n) is 3.47. The van der Waals surface area contributed by atoms with E-state index >= 15 is 0 Å². The summed E-state index contributed by atoms with van der Waals surface area (Å²) in [7, 11) is 3.59. The van der Waals surface area contributed by atoms with Crippen molar-refractivity contribution < 1.29 is 4.74 Å². The van der Waals surface area contributed by atoms with Gasteiger partial charge < -0.3 is 10.1 Å². The average molecular weight is 282 g/mol. The van der Waals surface area contributed by atoms with Gasteiger partial charge in [0.15, 0.2) is 0 Å². The van der Waals surface area contributed by atoms with Gasteiger partial charge in [-0.15, -0.1) is 0 Å². The summed E-state index contributed by atoms with van der Waals surface area (Å²) in [4.78, 5) is 4.46. The Morgan fingerprint density at radius 2 is 2.14 bits per heavy atom. The van der Waals surface area contributed by atoms with Gasteiger partial charge in [-0.05, 0) is 30.0 Å². The highest BCUT2D eigenvalue weighted by Crippen LogP contribution is 2.28. The topological polar surface area (TPSA) is 52.0 Å². The normalized spacial score (nSPS) is 10.8. The Labute approximate surface area is 123 Å². The third-order valence-corrected chi connectivity index (χ3v) is 3.47. The second-order valence-corrected chi connectivity index (χ2v) is 4.89. The number of nitrogens with one attached hydrogen (secondary N) is 1. The van der Waals surface area contributed by atoms with Crippen LogP contribution in [0.4, 0.5) is 11.5 Å². The van der Waals surface area contributed by atoms with Crippen LogP contribution in [0, 0.1) is 0 Å². The first-order valence-corrected chi connectivity index (χ1v) is 6.93. The van der Waals surface area contributed by atoms with Crippen LogP contribution in [0.3, 0.4) is 0 Å². The van der Waals surface area contributed by atoms with Crippen molar-refractivity contribution in [1.82, 2.24) is 14.8 Å². The van der Waals surface area contributed by atoms with Crippen molar-refractivity contribution in [3.05, 3.63) is 42.4 Å². The monoisotopic (exact) mass is 282 g/mol. The number of methoxy groups -OCH3 is 1. The van der Waals surface area contributed by atoms with Crippen LogP contribution in [0.25, 0.3) is 10.8 Å². The van der Waals surface area contributed by atoms with Crippen LogP contribution < -0.4 is 10.1 Å². The summed E-state index contributed by atoms with van der Waals surface area (Å²) in [6, 6.07) is 7.97. The van der Waals surface area contributed by atoms with Gasteiger partial charge in [0.2, 0.25) is 0 Å². The Kier molecular flexibility index (Phi) is 3.48. The molecule has 3 rings (SSSR count). The maximum absolute atomic E-state index is 5.30. The van der Waals surface area contributed by atoms with Gasteiger partial charge >= 0.3 is 0 Å². The molecule has 1 aromatic carbocycles. The molecule has 0 atom stereocenters. The number of ether oxygens (including phenoxy) is 1. The first kappa shape index (κ1) is 13.4. The molecule has 21 heavy (non-hydrogen) atoms. The Morgan fingerprint density at radius 1 is 1.29 bits per heavy atom. The molecule has 0 radical (unpaired) electrons. The third kappa shape index (κ3) is 2.54. The van der Waals surface area contributed by atoms with Gasteiger partial charge in [-0.3, -0.25) is 4.68 Å². The number of hydrogen-bond acceptors (Lipinski definition) is 4. The fraction of sp³-hybridized carbons (Fsp3) is 0.250. The highest BCUT2D eigenvalue weighted by atomic mass is 16.5. The molecule has 2 heterocycles. The number of benzene rings is 1. The van der Waals surface area contributed by atoms with E-state index in [1.54, 1.807) is 13.3 Å². The van der Waals surface area contributed by atoms with E-state index in [1.807, 2.05) is 42.2 Å². The average Bonchev–Trinajstić information content (AvgIpc) is 2.87. The molecule has 108 valence electrons. The lowest BCUT2D eigenvalue weighted by molar-refractivity contribution is 0.415. The lowest BCUT2D eigenvalue weighted by atomic mass is 10.1. The van der Waals surface area contributed by atoms with Gasteiger partial charge in [-0.1, -0.05) is 13.0 Å². The molecule has 0 spiro atoms. The lowest BCUT2D eigenvalue weighted by Crippen LogP contribution is -1.96. The quantitative estimate of drug-likeness (QED) is 0.798. The SMILES string of the molecule is CCc1nn(C)cc1Nc1nccc2ccc(OC)cc12. The molecule has 0 aliphatic heterocycles. The molecule has 0 saturated carbocycles. The van der Waals surface area contributed by atoms with Gasteiger partial charge in [-0.25, -0.2) is 4.98 Å². The van der Waals surface area contributed by atoms with E-state index in [4.69, 9.17) is 4.74 Å². The smallest absolute Gasteiger partial charge is 0.138 e. The zero-order valence-corrected chi connectivity index (χ0v) is 12.4. The molecule has 0 aliphatic rings. The highest BCUT2D eigenvalue weighted by molar-refractivity contribution is 5.94. The number of nitrogens with zero attached hydrogens (tertiary/aromatic N) is 3. The molecule has 0 bridgehead atoms. The second-order valence-electron chi connectivity index (χ2n) is 4.89. The summed E-state index contributed by atoms with van der Waals surface area (Å²) in [5.41, 5.74) is 2.02. The maximum atomic E-state index is 5.30. The summed E-state index contributed by atoms with van der Waals surface area (Å²) >= 11 is 0. The molecule has 2 aromatic heterocycles. The van der Waals surface area contributed by atoms with Gasteiger partial charge in [0.1, 0.15) is 11.6 Å². The van der Waals surface area contributed by atoms with E-state index in [0.29, 0.717) is 0 Å². The van der Waals surface area contributed by atoms with Crippen LogP contribution >= 0.6 is 0 Å². The number of fused-ring (bicyclic) bond motifs is 1. The van der Waals surface area contributed by atoms with E-state index in [1.165, 1.54) is 0 Å². The molecule has 0 aliphatic carbocycles. The Balaban J connectivity index is 2.07. The van der Waals surface area contributed by atoms with Crippen molar-refractivity contribution in [2.24, 2.45) is 7.05 Å². The Bertz CT molecular complexity index is 779. The number of aryl methyl sites for hydroxylation is 2. The first-order chi connectivity index (χ1) is 10.2. The lowest BCUT2D eigenvalue weighted by Gasteiger charge is -2.09. The van der Waals surface area contributed by atoms with E-state index in [-0.39, 0.29) is 0 Å². The van der Waals surface area contributed by atoms with Crippen molar-refractivity contribution in [1.29, 1.82) is 0 Å². The zero-order valence-electron chi connectivity index (χ0n) is 12.4. The van der Waals surface area contributed by atoms with Crippen LogP contribution in [-0.4, -0.2) is 21.9 Å². The van der Waals surface area contributed by atoms with Gasteiger partial charge in [0.05, 0.1) is 18.5 Å². The largest absolute Gasteiger partial charge is 0.497 e. The zero-order chi connectivity index (χ0) is 14.8. The number of anilines is 2. The molecular formula is C16H18N4O. The van der Waals surface area contributed by atoms with E-state index in [0.717, 1.165) is 40.1 Å². The van der Waals surface area contributed by atoms with Gasteiger partial charge in [0.25, 0.3) is 0 Å². The van der Waals surface area contributed by atoms with Crippen molar-refractivity contribution in [3.63, 3.8) is 0 Å². The number of hydrogen-bond donors (Lipinski definition) is 1. The maximum Gasteiger partial charge on any atom is 0.138 e. The molecule has 1 N–H and O–H groups in total. The van der Waals surface area contributed by atoms with Crippen molar-refractivity contribution in [3.8, 4) is 5.75 Å². The summed E-state index contributed by atoms with van der Waals surface area (Å²) in [5.74, 6) is 1.63. The number of aromatic nitrogens is 3. The van der Waals surface area contributed by atoms with Gasteiger partial charge in [0, 0.05) is 24.8 Å². The summed E-state index contributed by atoms with van der Waals surface area (Å²) in [6.07, 6.45) is 4.65. The summed E-state index contributed by atoms with van der Waals surface area (Å²) in [6.45, 7) is 2.09. The minimum absolute atomic E-state index is 0.814. The predicted octanol–water partition coefficient (Wildman–Crippen LogP) is 3.28. The Hall–Kier alpha value is -2.56. The minimum atomic E-state index is 0.814. The fourth-order valence-corrected chi connectivity index (χ4v) is 2.40. The van der Waals surface area contributed by atoms with Crippen molar-refractivity contribution >= 4 is 22.3 Å². The van der Waals surface area contributed by atoms with E-state index in [9.17, 15) is 0 Å². The molecular weight excluding hydrogens is 264 g/mol. The van der Waals surface area contributed by atoms with Gasteiger partial charge in [-0.2, -0.15) is 5.10 Å². The molecule has 3 aromatic rings. The highest BCUT2D eigenvalue weighted by Gasteiger charge is 2.09. The van der Waals surface area contributed by atoms with E-state index < -0.39 is 0 Å². The predicted molar refractivity (Wildman–Crippen MR) is 84.2 cm³/mol. The van der Waals surface area contributed by atoms with Crippen molar-refractivity contribution in [2.75, 3.05) is 12.4 Å². The molecule has 0 fully saturated rings.